The molecule has 0 saturated heterocycles. The van der Waals surface area contributed by atoms with E-state index < -0.39 is 0 Å². The van der Waals surface area contributed by atoms with Crippen LogP contribution in [0.25, 0.3) is 0 Å². The van der Waals surface area contributed by atoms with Gasteiger partial charge in [0.15, 0.2) is 5.96 Å². The molecular weight excluding hydrogens is 281 g/mol. The molecule has 2 N–H and O–H groups in total. The van der Waals surface area contributed by atoms with Gasteiger partial charge in [-0.2, -0.15) is 5.10 Å². The van der Waals surface area contributed by atoms with Crippen LogP contribution in [0.5, 0.6) is 0 Å². The minimum Gasteiger partial charge on any atom is -0.356 e. The summed E-state index contributed by atoms with van der Waals surface area (Å²) in [5.41, 5.74) is 1.55. The number of nitrogens with one attached hydrogen (secondary N) is 2. The molecule has 1 aromatic carbocycles. The normalized spacial score (nSPS) is 11.5. The lowest BCUT2D eigenvalue weighted by Gasteiger charge is -2.12. The van der Waals surface area contributed by atoms with Crippen LogP contribution in [-0.2, 0) is 13.1 Å². The minimum atomic E-state index is -0.179. The van der Waals surface area contributed by atoms with Crippen molar-refractivity contribution < 1.29 is 4.39 Å². The van der Waals surface area contributed by atoms with Crippen molar-refractivity contribution in [1.82, 2.24) is 20.4 Å². The van der Waals surface area contributed by atoms with Gasteiger partial charge in [-0.3, -0.25) is 9.67 Å². The summed E-state index contributed by atoms with van der Waals surface area (Å²) in [7, 11) is 1.72. The number of aliphatic imine (C=N–C) groups is 1. The zero-order valence-electron chi connectivity index (χ0n) is 13.0. The molecular formula is C16H22FN5. The number of rotatable bonds is 6. The van der Waals surface area contributed by atoms with Crippen molar-refractivity contribution in [2.45, 2.75) is 26.4 Å². The van der Waals surface area contributed by atoms with Crippen molar-refractivity contribution in [2.75, 3.05) is 13.6 Å². The van der Waals surface area contributed by atoms with Crippen LogP contribution in [0.4, 0.5) is 4.39 Å². The summed E-state index contributed by atoms with van der Waals surface area (Å²) in [4.78, 5) is 4.16. The predicted octanol–water partition coefficient (Wildman–Crippen LogP) is 2.09. The maximum absolute atomic E-state index is 13.5. The Bertz CT molecular complexity index is 607. The first kappa shape index (κ1) is 16.0. The zero-order valence-corrected chi connectivity index (χ0v) is 13.0. The van der Waals surface area contributed by atoms with Gasteiger partial charge in [-0.1, -0.05) is 12.1 Å². The van der Waals surface area contributed by atoms with Crippen molar-refractivity contribution in [1.29, 1.82) is 0 Å². The molecule has 2 rings (SSSR count). The molecule has 1 heterocycles. The molecule has 0 aliphatic heterocycles. The molecule has 0 bridgehead atoms. The number of nitrogens with zero attached hydrogens (tertiary/aromatic N) is 3. The van der Waals surface area contributed by atoms with Gasteiger partial charge in [-0.25, -0.2) is 4.39 Å². The third-order valence-electron chi connectivity index (χ3n) is 3.34. The summed E-state index contributed by atoms with van der Waals surface area (Å²) in [6.07, 6.45) is 4.66. The van der Waals surface area contributed by atoms with Gasteiger partial charge in [0.2, 0.25) is 0 Å². The molecule has 0 amide bonds. The predicted molar refractivity (Wildman–Crippen MR) is 86.2 cm³/mol. The molecule has 0 radical (unpaired) electrons. The number of guanidine groups is 1. The third-order valence-corrected chi connectivity index (χ3v) is 3.34. The van der Waals surface area contributed by atoms with Crippen LogP contribution in [0, 0.1) is 12.7 Å². The SMILES string of the molecule is CN=C(NCCCn1cccn1)NCc1ccc(C)c(F)c1. The average Bonchev–Trinajstić information content (AvgIpc) is 3.03. The smallest absolute Gasteiger partial charge is 0.191 e. The molecule has 118 valence electrons. The Balaban J connectivity index is 1.71. The number of hydrogen-bond donors (Lipinski definition) is 2. The first-order valence-electron chi connectivity index (χ1n) is 7.36. The zero-order chi connectivity index (χ0) is 15.8. The highest BCUT2D eigenvalue weighted by atomic mass is 19.1. The Morgan fingerprint density at radius 2 is 2.23 bits per heavy atom. The van der Waals surface area contributed by atoms with Gasteiger partial charge in [0, 0.05) is 39.1 Å². The van der Waals surface area contributed by atoms with Crippen molar-refractivity contribution in [2.24, 2.45) is 4.99 Å². The Kier molecular flexibility index (Phi) is 5.94. The summed E-state index contributed by atoms with van der Waals surface area (Å²) < 4.78 is 15.4. The van der Waals surface area contributed by atoms with Crippen molar-refractivity contribution in [3.8, 4) is 0 Å². The first-order chi connectivity index (χ1) is 10.7. The van der Waals surface area contributed by atoms with E-state index in [0.717, 1.165) is 25.1 Å². The second kappa shape index (κ2) is 8.17. The summed E-state index contributed by atoms with van der Waals surface area (Å²) in [5, 5.41) is 10.6. The highest BCUT2D eigenvalue weighted by Gasteiger charge is 2.01. The number of halogens is 1. The largest absolute Gasteiger partial charge is 0.356 e. The molecule has 0 saturated carbocycles. The van der Waals surface area contributed by atoms with Crippen molar-refractivity contribution in [3.05, 3.63) is 53.6 Å². The number of aromatic nitrogens is 2. The lowest BCUT2D eigenvalue weighted by atomic mass is 10.1. The molecule has 2 aromatic rings. The number of hydrogen-bond acceptors (Lipinski definition) is 2. The van der Waals surface area contributed by atoms with Crippen LogP contribution in [0.15, 0.2) is 41.7 Å². The maximum atomic E-state index is 13.5. The number of aryl methyl sites for hydroxylation is 2. The summed E-state index contributed by atoms with van der Waals surface area (Å²) in [6.45, 7) is 3.95. The Morgan fingerprint density at radius 1 is 1.36 bits per heavy atom. The van der Waals surface area contributed by atoms with Crippen LogP contribution < -0.4 is 10.6 Å². The third kappa shape index (κ3) is 4.87. The van der Waals surface area contributed by atoms with Crippen LogP contribution in [0.2, 0.25) is 0 Å². The van der Waals surface area contributed by atoms with Gasteiger partial charge >= 0.3 is 0 Å². The fourth-order valence-corrected chi connectivity index (χ4v) is 2.03. The topological polar surface area (TPSA) is 54.2 Å². The second-order valence-corrected chi connectivity index (χ2v) is 5.06. The Hall–Kier alpha value is -2.37. The Labute approximate surface area is 130 Å². The highest BCUT2D eigenvalue weighted by Crippen LogP contribution is 2.08. The van der Waals surface area contributed by atoms with E-state index in [0.29, 0.717) is 18.1 Å². The Morgan fingerprint density at radius 3 is 2.91 bits per heavy atom. The van der Waals surface area contributed by atoms with E-state index >= 15 is 0 Å². The lowest BCUT2D eigenvalue weighted by molar-refractivity contribution is 0.570. The fraction of sp³-hybridized carbons (Fsp3) is 0.375. The van der Waals surface area contributed by atoms with E-state index in [1.165, 1.54) is 0 Å². The summed E-state index contributed by atoms with van der Waals surface area (Å²) >= 11 is 0. The molecule has 0 atom stereocenters. The van der Waals surface area contributed by atoms with E-state index in [-0.39, 0.29) is 5.82 Å². The van der Waals surface area contributed by atoms with Gasteiger partial charge < -0.3 is 10.6 Å². The summed E-state index contributed by atoms with van der Waals surface area (Å²) in [5.74, 6) is 0.530. The van der Waals surface area contributed by atoms with Crippen LogP contribution >= 0.6 is 0 Å². The molecule has 0 aliphatic rings. The minimum absolute atomic E-state index is 0.179. The lowest BCUT2D eigenvalue weighted by Crippen LogP contribution is -2.37. The second-order valence-electron chi connectivity index (χ2n) is 5.06. The fourth-order valence-electron chi connectivity index (χ4n) is 2.03. The molecule has 6 heteroatoms. The van der Waals surface area contributed by atoms with Crippen molar-refractivity contribution >= 4 is 5.96 Å². The quantitative estimate of drug-likeness (QED) is 0.488. The number of benzene rings is 1. The van der Waals surface area contributed by atoms with E-state index in [1.54, 1.807) is 32.3 Å². The van der Waals surface area contributed by atoms with E-state index in [9.17, 15) is 4.39 Å². The maximum Gasteiger partial charge on any atom is 0.191 e. The molecule has 0 fully saturated rings. The van der Waals surface area contributed by atoms with Gasteiger partial charge in [0.1, 0.15) is 5.82 Å². The monoisotopic (exact) mass is 303 g/mol. The van der Waals surface area contributed by atoms with Crippen LogP contribution in [0.3, 0.4) is 0 Å². The van der Waals surface area contributed by atoms with E-state index in [4.69, 9.17) is 0 Å². The molecule has 1 aromatic heterocycles. The van der Waals surface area contributed by atoms with Crippen molar-refractivity contribution in [3.63, 3.8) is 0 Å². The summed E-state index contributed by atoms with van der Waals surface area (Å²) in [6, 6.07) is 7.16. The van der Waals surface area contributed by atoms with Crippen LogP contribution in [0.1, 0.15) is 17.5 Å². The molecule has 5 nitrogen and oxygen atoms in total. The van der Waals surface area contributed by atoms with Gasteiger partial charge in [-0.15, -0.1) is 0 Å². The highest BCUT2D eigenvalue weighted by molar-refractivity contribution is 5.79. The standard InChI is InChI=1S/C16H22FN5/c1-13-5-6-14(11-15(13)17)12-20-16(18-2)19-7-3-9-22-10-4-8-21-22/h4-6,8,10-11H,3,7,9,12H2,1-2H3,(H2,18,19,20). The molecule has 0 spiro atoms. The van der Waals surface area contributed by atoms with Crippen LogP contribution in [-0.4, -0.2) is 29.3 Å². The molecule has 22 heavy (non-hydrogen) atoms. The van der Waals surface area contributed by atoms with E-state index in [2.05, 4.69) is 20.7 Å². The average molecular weight is 303 g/mol. The first-order valence-corrected chi connectivity index (χ1v) is 7.36. The van der Waals surface area contributed by atoms with Gasteiger partial charge in [-0.05, 0) is 36.6 Å². The van der Waals surface area contributed by atoms with Gasteiger partial charge in [0.25, 0.3) is 0 Å². The molecule has 0 aliphatic carbocycles. The molecule has 0 unspecified atom stereocenters. The van der Waals surface area contributed by atoms with E-state index in [1.807, 2.05) is 23.0 Å². The van der Waals surface area contributed by atoms with Gasteiger partial charge in [0.05, 0.1) is 0 Å².